The minimum absolute atomic E-state index is 0.565. The molecule has 1 aromatic rings. The fourth-order valence-corrected chi connectivity index (χ4v) is 2.85. The fraction of sp³-hybridized carbons (Fsp3) is 0.538. The van der Waals surface area contributed by atoms with E-state index in [0.717, 1.165) is 5.92 Å². The van der Waals surface area contributed by atoms with E-state index in [1.807, 2.05) is 0 Å². The molecule has 1 nitrogen and oxygen atoms in total. The predicted octanol–water partition coefficient (Wildman–Crippen LogP) is 2.59. The highest BCUT2D eigenvalue weighted by Gasteiger charge is 2.55. The van der Waals surface area contributed by atoms with Crippen LogP contribution in [0.15, 0.2) is 24.3 Å². The molecular weight excluding hydrogens is 170 g/mol. The van der Waals surface area contributed by atoms with Crippen LogP contribution in [0.25, 0.3) is 0 Å². The van der Waals surface area contributed by atoms with Gasteiger partial charge < -0.3 is 5.73 Å². The molecule has 2 aliphatic carbocycles. The molecule has 3 rings (SSSR count). The molecule has 2 aliphatic rings. The second-order valence-electron chi connectivity index (χ2n) is 4.79. The summed E-state index contributed by atoms with van der Waals surface area (Å²) in [6, 6.07) is 8.76. The van der Waals surface area contributed by atoms with Crippen molar-refractivity contribution in [2.45, 2.75) is 37.6 Å². The first-order chi connectivity index (χ1) is 6.87. The van der Waals surface area contributed by atoms with Crippen molar-refractivity contribution < 1.29 is 0 Å². The van der Waals surface area contributed by atoms with Crippen molar-refractivity contribution in [3.63, 3.8) is 0 Å². The van der Waals surface area contributed by atoms with Gasteiger partial charge in [0, 0.05) is 6.54 Å². The third-order valence-corrected chi connectivity index (χ3v) is 3.92. The molecule has 2 saturated carbocycles. The third kappa shape index (κ3) is 1.12. The Morgan fingerprint density at radius 3 is 2.50 bits per heavy atom. The zero-order chi connectivity index (χ0) is 9.60. The summed E-state index contributed by atoms with van der Waals surface area (Å²) in [6.07, 6.45) is 5.68. The zero-order valence-electron chi connectivity index (χ0n) is 8.50. The van der Waals surface area contributed by atoms with Crippen molar-refractivity contribution in [2.75, 3.05) is 0 Å². The SMILES string of the molecule is NCc1ccccc1C1(C2CC2)CC1. The highest BCUT2D eigenvalue weighted by Crippen LogP contribution is 2.62. The van der Waals surface area contributed by atoms with E-state index >= 15 is 0 Å². The molecule has 1 aromatic carbocycles. The van der Waals surface area contributed by atoms with Crippen molar-refractivity contribution in [1.29, 1.82) is 0 Å². The van der Waals surface area contributed by atoms with Crippen LogP contribution in [0.3, 0.4) is 0 Å². The first-order valence-corrected chi connectivity index (χ1v) is 5.65. The van der Waals surface area contributed by atoms with Gasteiger partial charge in [0.15, 0.2) is 0 Å². The molecule has 2 N–H and O–H groups in total. The highest BCUT2D eigenvalue weighted by atomic mass is 14.6. The van der Waals surface area contributed by atoms with Gasteiger partial charge in [0.2, 0.25) is 0 Å². The molecule has 0 spiro atoms. The maximum atomic E-state index is 5.80. The predicted molar refractivity (Wildman–Crippen MR) is 58.0 cm³/mol. The molecule has 0 unspecified atom stereocenters. The van der Waals surface area contributed by atoms with Gasteiger partial charge >= 0.3 is 0 Å². The summed E-state index contributed by atoms with van der Waals surface area (Å²) in [5, 5.41) is 0. The van der Waals surface area contributed by atoms with Crippen molar-refractivity contribution in [1.82, 2.24) is 0 Å². The van der Waals surface area contributed by atoms with Crippen LogP contribution in [0, 0.1) is 5.92 Å². The number of benzene rings is 1. The Hall–Kier alpha value is -0.820. The van der Waals surface area contributed by atoms with Crippen LogP contribution >= 0.6 is 0 Å². The zero-order valence-corrected chi connectivity index (χ0v) is 8.50. The van der Waals surface area contributed by atoms with E-state index in [2.05, 4.69) is 24.3 Å². The van der Waals surface area contributed by atoms with E-state index in [1.54, 1.807) is 5.56 Å². The van der Waals surface area contributed by atoms with Gasteiger partial charge in [-0.25, -0.2) is 0 Å². The van der Waals surface area contributed by atoms with Gasteiger partial charge in [-0.2, -0.15) is 0 Å². The van der Waals surface area contributed by atoms with Gasteiger partial charge in [0.1, 0.15) is 0 Å². The highest BCUT2D eigenvalue weighted by molar-refractivity contribution is 5.40. The molecule has 0 bridgehead atoms. The lowest BCUT2D eigenvalue weighted by Crippen LogP contribution is -2.14. The van der Waals surface area contributed by atoms with Crippen molar-refractivity contribution in [3.05, 3.63) is 35.4 Å². The van der Waals surface area contributed by atoms with Crippen LogP contribution in [0.1, 0.15) is 36.8 Å². The van der Waals surface area contributed by atoms with Crippen LogP contribution in [0.2, 0.25) is 0 Å². The van der Waals surface area contributed by atoms with Crippen LogP contribution in [-0.2, 0) is 12.0 Å². The number of hydrogen-bond acceptors (Lipinski definition) is 1. The molecular formula is C13H17N. The molecule has 0 aromatic heterocycles. The summed E-state index contributed by atoms with van der Waals surface area (Å²) in [7, 11) is 0. The number of rotatable bonds is 3. The van der Waals surface area contributed by atoms with Crippen LogP contribution in [0.5, 0.6) is 0 Å². The summed E-state index contributed by atoms with van der Waals surface area (Å²) in [5.74, 6) is 0.982. The fourth-order valence-electron chi connectivity index (χ4n) is 2.85. The summed E-state index contributed by atoms with van der Waals surface area (Å²) < 4.78 is 0. The maximum absolute atomic E-state index is 5.80. The second kappa shape index (κ2) is 2.83. The van der Waals surface area contributed by atoms with Gasteiger partial charge in [-0.05, 0) is 48.1 Å². The van der Waals surface area contributed by atoms with E-state index < -0.39 is 0 Å². The smallest absolute Gasteiger partial charge is 0.0181 e. The summed E-state index contributed by atoms with van der Waals surface area (Å²) >= 11 is 0. The lowest BCUT2D eigenvalue weighted by atomic mass is 9.87. The lowest BCUT2D eigenvalue weighted by Gasteiger charge is -2.18. The second-order valence-corrected chi connectivity index (χ2v) is 4.79. The maximum Gasteiger partial charge on any atom is 0.0181 e. The van der Waals surface area contributed by atoms with Gasteiger partial charge in [0.05, 0.1) is 0 Å². The summed E-state index contributed by atoms with van der Waals surface area (Å²) in [6.45, 7) is 0.699. The molecule has 14 heavy (non-hydrogen) atoms. The van der Waals surface area contributed by atoms with E-state index in [4.69, 9.17) is 5.73 Å². The molecule has 0 amide bonds. The Kier molecular flexibility index (Phi) is 1.72. The molecule has 1 heteroatoms. The van der Waals surface area contributed by atoms with Gasteiger partial charge in [-0.1, -0.05) is 24.3 Å². The van der Waals surface area contributed by atoms with E-state index in [9.17, 15) is 0 Å². The molecule has 0 radical (unpaired) electrons. The summed E-state index contributed by atoms with van der Waals surface area (Å²) in [4.78, 5) is 0. The number of nitrogens with two attached hydrogens (primary N) is 1. The Balaban J connectivity index is 2.02. The molecule has 0 aliphatic heterocycles. The van der Waals surface area contributed by atoms with Gasteiger partial charge in [-0.3, -0.25) is 0 Å². The Bertz CT molecular complexity index is 348. The van der Waals surface area contributed by atoms with E-state index in [1.165, 1.54) is 31.2 Å². The van der Waals surface area contributed by atoms with Crippen LogP contribution < -0.4 is 5.73 Å². The van der Waals surface area contributed by atoms with Gasteiger partial charge in [0.25, 0.3) is 0 Å². The molecule has 0 heterocycles. The standard InChI is InChI=1S/C13H17N/c14-9-10-3-1-2-4-12(10)13(7-8-13)11-5-6-11/h1-4,11H,5-9,14H2. The number of hydrogen-bond donors (Lipinski definition) is 1. The van der Waals surface area contributed by atoms with Gasteiger partial charge in [-0.15, -0.1) is 0 Å². The summed E-state index contributed by atoms with van der Waals surface area (Å²) in [5.41, 5.74) is 9.29. The van der Waals surface area contributed by atoms with Crippen LogP contribution in [0.4, 0.5) is 0 Å². The Labute approximate surface area is 85.3 Å². The van der Waals surface area contributed by atoms with Crippen molar-refractivity contribution >= 4 is 0 Å². The Morgan fingerprint density at radius 1 is 1.21 bits per heavy atom. The lowest BCUT2D eigenvalue weighted by molar-refractivity contribution is 0.590. The largest absolute Gasteiger partial charge is 0.326 e. The normalized spacial score (nSPS) is 23.5. The average molecular weight is 187 g/mol. The minimum Gasteiger partial charge on any atom is -0.326 e. The molecule has 0 saturated heterocycles. The van der Waals surface area contributed by atoms with Crippen molar-refractivity contribution in [3.8, 4) is 0 Å². The molecule has 0 atom stereocenters. The average Bonchev–Trinajstić information content (AvgIpc) is 3.07. The minimum atomic E-state index is 0.565. The first-order valence-electron chi connectivity index (χ1n) is 5.65. The van der Waals surface area contributed by atoms with Crippen molar-refractivity contribution in [2.24, 2.45) is 11.7 Å². The quantitative estimate of drug-likeness (QED) is 0.773. The topological polar surface area (TPSA) is 26.0 Å². The molecule has 74 valence electrons. The molecule has 2 fully saturated rings. The van der Waals surface area contributed by atoms with Crippen LogP contribution in [-0.4, -0.2) is 0 Å². The van der Waals surface area contributed by atoms with E-state index in [0.29, 0.717) is 12.0 Å². The Morgan fingerprint density at radius 2 is 1.93 bits per heavy atom. The first kappa shape index (κ1) is 8.49. The third-order valence-electron chi connectivity index (χ3n) is 3.92. The monoisotopic (exact) mass is 187 g/mol. The van der Waals surface area contributed by atoms with E-state index in [-0.39, 0.29) is 0 Å².